The molecule has 3 aromatic rings. The van der Waals surface area contributed by atoms with Crippen molar-refractivity contribution in [2.24, 2.45) is 0 Å². The number of rotatable bonds is 4. The molecule has 0 saturated carbocycles. The third-order valence-corrected chi connectivity index (χ3v) is 3.33. The highest BCUT2D eigenvalue weighted by Gasteiger charge is 2.09. The number of aryl methyl sites for hydroxylation is 1. The number of nitro benzene ring substituents is 1. The van der Waals surface area contributed by atoms with Gasteiger partial charge in [0.1, 0.15) is 0 Å². The van der Waals surface area contributed by atoms with E-state index >= 15 is 0 Å². The van der Waals surface area contributed by atoms with Crippen LogP contribution in [0.15, 0.2) is 42.9 Å². The van der Waals surface area contributed by atoms with Gasteiger partial charge in [0.25, 0.3) is 5.69 Å². The molecule has 0 unspecified atom stereocenters. The summed E-state index contributed by atoms with van der Waals surface area (Å²) in [6, 6.07) is 6.82. The fraction of sp³-hybridized carbons (Fsp3) is 0.214. The second-order valence-corrected chi connectivity index (χ2v) is 4.65. The molecule has 0 aliphatic carbocycles. The first-order chi connectivity index (χ1) is 9.67. The third kappa shape index (κ3) is 2.16. The Morgan fingerprint density at radius 3 is 2.90 bits per heavy atom. The van der Waals surface area contributed by atoms with Crippen LogP contribution >= 0.6 is 0 Å². The summed E-state index contributed by atoms with van der Waals surface area (Å²) in [5.41, 5.74) is 2.22. The largest absolute Gasteiger partial charge is 0.343 e. The average molecular weight is 270 g/mol. The van der Waals surface area contributed by atoms with Crippen LogP contribution < -0.4 is 0 Å². The van der Waals surface area contributed by atoms with Crippen LogP contribution in [0.1, 0.15) is 12.5 Å². The van der Waals surface area contributed by atoms with E-state index in [4.69, 9.17) is 0 Å². The molecule has 0 spiro atoms. The van der Waals surface area contributed by atoms with Crippen molar-refractivity contribution in [3.8, 4) is 0 Å². The number of hydrogen-bond acceptors (Lipinski definition) is 3. The van der Waals surface area contributed by atoms with E-state index in [2.05, 4.69) is 9.67 Å². The van der Waals surface area contributed by atoms with Crippen molar-refractivity contribution >= 4 is 16.6 Å². The van der Waals surface area contributed by atoms with E-state index in [9.17, 15) is 10.1 Å². The van der Waals surface area contributed by atoms with Crippen LogP contribution in [-0.2, 0) is 13.1 Å². The van der Waals surface area contributed by atoms with Crippen molar-refractivity contribution in [1.29, 1.82) is 0 Å². The van der Waals surface area contributed by atoms with Gasteiger partial charge < -0.3 is 4.57 Å². The fourth-order valence-corrected chi connectivity index (χ4v) is 2.30. The van der Waals surface area contributed by atoms with Crippen LogP contribution in [0.2, 0.25) is 0 Å². The Balaban J connectivity index is 1.94. The molecule has 0 bridgehead atoms. The maximum Gasteiger partial charge on any atom is 0.270 e. The minimum absolute atomic E-state index is 0.119. The molecule has 1 aromatic carbocycles. The molecule has 2 heterocycles. The first-order valence-electron chi connectivity index (χ1n) is 6.42. The lowest BCUT2D eigenvalue weighted by molar-refractivity contribution is -0.384. The highest BCUT2D eigenvalue weighted by atomic mass is 16.6. The minimum atomic E-state index is -0.373. The van der Waals surface area contributed by atoms with E-state index in [1.165, 1.54) is 6.07 Å². The molecule has 102 valence electrons. The molecule has 0 N–H and O–H groups in total. The van der Waals surface area contributed by atoms with Crippen molar-refractivity contribution in [3.63, 3.8) is 0 Å². The van der Waals surface area contributed by atoms with Crippen LogP contribution in [0, 0.1) is 10.1 Å². The van der Waals surface area contributed by atoms with Crippen LogP contribution in [0.4, 0.5) is 5.69 Å². The Labute approximate surface area is 115 Å². The summed E-state index contributed by atoms with van der Waals surface area (Å²) in [7, 11) is 0. The van der Waals surface area contributed by atoms with Crippen LogP contribution in [0.25, 0.3) is 10.9 Å². The van der Waals surface area contributed by atoms with Gasteiger partial charge in [-0.3, -0.25) is 14.8 Å². The molecule has 0 saturated heterocycles. The number of fused-ring (bicyclic) bond motifs is 1. The number of benzene rings is 1. The lowest BCUT2D eigenvalue weighted by atomic mass is 10.2. The molecular formula is C14H14N4O2. The summed E-state index contributed by atoms with van der Waals surface area (Å²) in [6.45, 7) is 3.60. The van der Waals surface area contributed by atoms with E-state index in [1.807, 2.05) is 36.3 Å². The molecule has 2 aromatic heterocycles. The Morgan fingerprint density at radius 2 is 2.20 bits per heavy atom. The number of aromatic nitrogens is 3. The van der Waals surface area contributed by atoms with Crippen molar-refractivity contribution in [1.82, 2.24) is 14.3 Å². The van der Waals surface area contributed by atoms with Gasteiger partial charge in [0.2, 0.25) is 0 Å². The summed E-state index contributed by atoms with van der Waals surface area (Å²) in [5, 5.41) is 15.9. The van der Waals surface area contributed by atoms with Gasteiger partial charge in [-0.05, 0) is 19.1 Å². The zero-order valence-corrected chi connectivity index (χ0v) is 11.1. The lowest BCUT2D eigenvalue weighted by Gasteiger charge is -2.03. The maximum atomic E-state index is 10.8. The van der Waals surface area contributed by atoms with E-state index in [-0.39, 0.29) is 10.6 Å². The number of nitro groups is 1. The number of non-ortho nitro benzene ring substituents is 1. The summed E-state index contributed by atoms with van der Waals surface area (Å²) in [6.07, 6.45) is 5.80. The molecule has 0 atom stereocenters. The third-order valence-electron chi connectivity index (χ3n) is 3.33. The molecule has 0 radical (unpaired) electrons. The topological polar surface area (TPSA) is 65.9 Å². The van der Waals surface area contributed by atoms with Gasteiger partial charge in [-0.15, -0.1) is 0 Å². The Hall–Kier alpha value is -2.63. The monoisotopic (exact) mass is 270 g/mol. The molecule has 0 fully saturated rings. The summed E-state index contributed by atoms with van der Waals surface area (Å²) >= 11 is 0. The van der Waals surface area contributed by atoms with Gasteiger partial charge in [0.15, 0.2) is 0 Å². The maximum absolute atomic E-state index is 10.8. The molecule has 20 heavy (non-hydrogen) atoms. The lowest BCUT2D eigenvalue weighted by Crippen LogP contribution is -1.97. The smallest absolute Gasteiger partial charge is 0.270 e. The summed E-state index contributed by atoms with van der Waals surface area (Å²) < 4.78 is 3.95. The second-order valence-electron chi connectivity index (χ2n) is 4.65. The van der Waals surface area contributed by atoms with Crippen molar-refractivity contribution in [3.05, 3.63) is 58.5 Å². The number of hydrogen-bond donors (Lipinski definition) is 0. The first-order valence-corrected chi connectivity index (χ1v) is 6.42. The van der Waals surface area contributed by atoms with Crippen molar-refractivity contribution in [2.75, 3.05) is 0 Å². The van der Waals surface area contributed by atoms with Gasteiger partial charge in [-0.2, -0.15) is 5.10 Å². The average Bonchev–Trinajstić information content (AvgIpc) is 3.06. The normalized spacial score (nSPS) is 11.1. The SMILES string of the molecule is CCn1cc(Cn2ccc3cc([N+](=O)[O-])ccc32)cn1. The highest BCUT2D eigenvalue weighted by Crippen LogP contribution is 2.22. The van der Waals surface area contributed by atoms with Gasteiger partial charge in [-0.25, -0.2) is 0 Å². The molecular weight excluding hydrogens is 256 g/mol. The van der Waals surface area contributed by atoms with Crippen LogP contribution in [-0.4, -0.2) is 19.3 Å². The van der Waals surface area contributed by atoms with Gasteiger partial charge in [0.05, 0.1) is 17.7 Å². The van der Waals surface area contributed by atoms with E-state index in [0.717, 1.165) is 23.0 Å². The van der Waals surface area contributed by atoms with E-state index in [1.54, 1.807) is 12.1 Å². The van der Waals surface area contributed by atoms with Crippen LogP contribution in [0.5, 0.6) is 0 Å². The molecule has 3 rings (SSSR count). The van der Waals surface area contributed by atoms with E-state index in [0.29, 0.717) is 6.54 Å². The highest BCUT2D eigenvalue weighted by molar-refractivity contribution is 5.82. The zero-order chi connectivity index (χ0) is 14.1. The molecule has 0 aliphatic rings. The summed E-state index contributed by atoms with van der Waals surface area (Å²) in [4.78, 5) is 10.4. The molecule has 6 nitrogen and oxygen atoms in total. The Bertz CT molecular complexity index is 772. The van der Waals surface area contributed by atoms with Crippen molar-refractivity contribution < 1.29 is 4.92 Å². The van der Waals surface area contributed by atoms with Crippen LogP contribution in [0.3, 0.4) is 0 Å². The molecule has 0 amide bonds. The standard InChI is InChI=1S/C14H14N4O2/c1-2-17-10-11(8-15-17)9-16-6-5-12-7-13(18(19)20)3-4-14(12)16/h3-8,10H,2,9H2,1H3. The molecule has 6 heteroatoms. The first kappa shape index (κ1) is 12.4. The quantitative estimate of drug-likeness (QED) is 0.541. The summed E-state index contributed by atoms with van der Waals surface area (Å²) in [5.74, 6) is 0. The predicted octanol–water partition coefficient (Wildman–Crippen LogP) is 2.81. The van der Waals surface area contributed by atoms with E-state index < -0.39 is 0 Å². The van der Waals surface area contributed by atoms with Gasteiger partial charge in [0, 0.05) is 47.5 Å². The van der Waals surface area contributed by atoms with Crippen molar-refractivity contribution in [2.45, 2.75) is 20.0 Å². The molecule has 0 aliphatic heterocycles. The fourth-order valence-electron chi connectivity index (χ4n) is 2.30. The Kier molecular flexibility index (Phi) is 2.98. The minimum Gasteiger partial charge on any atom is -0.343 e. The Morgan fingerprint density at radius 1 is 1.35 bits per heavy atom. The predicted molar refractivity (Wildman–Crippen MR) is 75.6 cm³/mol. The van der Waals surface area contributed by atoms with Gasteiger partial charge in [-0.1, -0.05) is 0 Å². The zero-order valence-electron chi connectivity index (χ0n) is 11.1. The number of nitrogens with zero attached hydrogens (tertiary/aromatic N) is 4. The van der Waals surface area contributed by atoms with Gasteiger partial charge >= 0.3 is 0 Å². The second kappa shape index (κ2) is 4.80.